The summed E-state index contributed by atoms with van der Waals surface area (Å²) in [4.78, 5) is 23.0. The van der Waals surface area contributed by atoms with Gasteiger partial charge in [-0.25, -0.2) is 8.42 Å². The Labute approximate surface area is 153 Å². The van der Waals surface area contributed by atoms with Crippen LogP contribution in [0.2, 0.25) is 0 Å². The highest BCUT2D eigenvalue weighted by molar-refractivity contribution is 7.89. The molecule has 0 unspecified atom stereocenters. The smallest absolute Gasteiger partial charge is 0.246 e. The van der Waals surface area contributed by atoms with Crippen molar-refractivity contribution in [3.63, 3.8) is 0 Å². The Balaban J connectivity index is 3.11. The second-order valence-electron chi connectivity index (χ2n) is 5.21. The Morgan fingerprint density at radius 1 is 1.15 bits per heavy atom. The van der Waals surface area contributed by atoms with Crippen molar-refractivity contribution in [3.05, 3.63) is 18.2 Å². The van der Waals surface area contributed by atoms with Crippen LogP contribution in [0.1, 0.15) is 20.8 Å². The minimum Gasteiger partial charge on any atom is -0.492 e. The molecule has 0 fully saturated rings. The van der Waals surface area contributed by atoms with Crippen LogP contribution in [-0.2, 0) is 19.6 Å². The van der Waals surface area contributed by atoms with Crippen molar-refractivity contribution in [3.8, 4) is 5.75 Å². The second kappa shape index (κ2) is 10.1. The summed E-state index contributed by atoms with van der Waals surface area (Å²) < 4.78 is 32.4. The molecule has 0 aromatic heterocycles. The Morgan fingerprint density at radius 2 is 1.81 bits per heavy atom. The van der Waals surface area contributed by atoms with Crippen LogP contribution in [0.3, 0.4) is 0 Å². The van der Waals surface area contributed by atoms with Crippen LogP contribution in [0.25, 0.3) is 0 Å². The van der Waals surface area contributed by atoms with Crippen LogP contribution in [0.15, 0.2) is 23.1 Å². The van der Waals surface area contributed by atoms with Gasteiger partial charge in [-0.05, 0) is 25.1 Å². The molecule has 2 amide bonds. The van der Waals surface area contributed by atoms with Crippen molar-refractivity contribution in [1.82, 2.24) is 9.62 Å². The molecule has 10 heteroatoms. The third kappa shape index (κ3) is 5.68. The van der Waals surface area contributed by atoms with Crippen LogP contribution in [0.5, 0.6) is 5.75 Å². The zero-order valence-electron chi connectivity index (χ0n) is 15.2. The fourth-order valence-corrected chi connectivity index (χ4v) is 3.84. The van der Waals surface area contributed by atoms with E-state index in [9.17, 15) is 18.0 Å². The maximum atomic E-state index is 12.8. The minimum absolute atomic E-state index is 0.0214. The molecule has 0 spiro atoms. The summed E-state index contributed by atoms with van der Waals surface area (Å²) in [7, 11) is -3.77. The molecular weight excluding hydrogens is 360 g/mol. The molecule has 1 aromatic rings. The third-order valence-corrected chi connectivity index (χ3v) is 5.55. The fraction of sp³-hybridized carbons (Fsp3) is 0.500. The number of rotatable bonds is 10. The van der Waals surface area contributed by atoms with Gasteiger partial charge in [0.05, 0.1) is 19.7 Å². The maximum Gasteiger partial charge on any atom is 0.246 e. The van der Waals surface area contributed by atoms with Gasteiger partial charge in [-0.2, -0.15) is 4.31 Å². The first kappa shape index (κ1) is 21.9. The molecule has 0 atom stereocenters. The lowest BCUT2D eigenvalue weighted by Gasteiger charge is -2.21. The van der Waals surface area contributed by atoms with E-state index in [0.717, 1.165) is 0 Å². The Morgan fingerprint density at radius 3 is 2.35 bits per heavy atom. The number of amides is 2. The van der Waals surface area contributed by atoms with Crippen molar-refractivity contribution < 1.29 is 22.7 Å². The van der Waals surface area contributed by atoms with Gasteiger partial charge in [0.15, 0.2) is 0 Å². The zero-order chi connectivity index (χ0) is 19.7. The first-order valence-corrected chi connectivity index (χ1v) is 9.77. The van der Waals surface area contributed by atoms with Crippen LogP contribution < -0.4 is 21.1 Å². The van der Waals surface area contributed by atoms with E-state index in [-0.39, 0.29) is 29.4 Å². The molecule has 26 heavy (non-hydrogen) atoms. The van der Waals surface area contributed by atoms with E-state index in [2.05, 4.69) is 10.6 Å². The number of carbonyl (C=O) groups is 2. The number of anilines is 1. The average molecular weight is 386 g/mol. The fourth-order valence-electron chi connectivity index (χ4n) is 2.22. The number of nitrogens with one attached hydrogen (secondary N) is 2. The van der Waals surface area contributed by atoms with Gasteiger partial charge >= 0.3 is 0 Å². The lowest BCUT2D eigenvalue weighted by molar-refractivity contribution is -0.123. The van der Waals surface area contributed by atoms with E-state index >= 15 is 0 Å². The molecule has 0 bridgehead atoms. The monoisotopic (exact) mass is 386 g/mol. The van der Waals surface area contributed by atoms with Gasteiger partial charge in [-0.1, -0.05) is 13.8 Å². The van der Waals surface area contributed by atoms with Gasteiger partial charge < -0.3 is 21.1 Å². The van der Waals surface area contributed by atoms with E-state index in [0.29, 0.717) is 19.7 Å². The first-order chi connectivity index (χ1) is 12.3. The average Bonchev–Trinajstić information content (AvgIpc) is 2.61. The van der Waals surface area contributed by atoms with E-state index in [1.807, 2.05) is 0 Å². The minimum atomic E-state index is -3.77. The van der Waals surface area contributed by atoms with E-state index in [4.69, 9.17) is 10.5 Å². The highest BCUT2D eigenvalue weighted by atomic mass is 32.2. The predicted octanol–water partition coefficient (Wildman–Crippen LogP) is 0.129. The number of nitrogens with two attached hydrogens (primary N) is 1. The van der Waals surface area contributed by atoms with Crippen molar-refractivity contribution in [1.29, 1.82) is 0 Å². The molecule has 0 aliphatic rings. The van der Waals surface area contributed by atoms with Crippen LogP contribution >= 0.6 is 0 Å². The molecule has 0 saturated carbocycles. The molecule has 1 rings (SSSR count). The lowest BCUT2D eigenvalue weighted by Crippen LogP contribution is -2.36. The van der Waals surface area contributed by atoms with E-state index in [1.54, 1.807) is 20.8 Å². The van der Waals surface area contributed by atoms with Crippen molar-refractivity contribution in [2.45, 2.75) is 25.7 Å². The first-order valence-electron chi connectivity index (χ1n) is 8.33. The number of benzene rings is 1. The summed E-state index contributed by atoms with van der Waals surface area (Å²) in [6, 6.07) is 4.38. The van der Waals surface area contributed by atoms with Crippen molar-refractivity contribution >= 4 is 27.5 Å². The molecule has 0 aliphatic heterocycles. The van der Waals surface area contributed by atoms with Gasteiger partial charge in [-0.3, -0.25) is 9.59 Å². The quantitative estimate of drug-likeness (QED) is 0.524. The van der Waals surface area contributed by atoms with Gasteiger partial charge in [-0.15, -0.1) is 0 Å². The SMILES string of the molecule is CCOc1ccc(NC(=O)CNC(=O)CN)cc1S(=O)(=O)N(CC)CC. The summed E-state index contributed by atoms with van der Waals surface area (Å²) in [6.45, 7) is 5.68. The number of ether oxygens (including phenoxy) is 1. The second-order valence-corrected chi connectivity index (χ2v) is 7.12. The van der Waals surface area contributed by atoms with Gasteiger partial charge in [0.2, 0.25) is 21.8 Å². The third-order valence-electron chi connectivity index (χ3n) is 3.48. The number of hydrogen-bond donors (Lipinski definition) is 3. The molecule has 9 nitrogen and oxygen atoms in total. The Hall–Kier alpha value is -2.17. The normalized spacial score (nSPS) is 11.3. The highest BCUT2D eigenvalue weighted by Crippen LogP contribution is 2.30. The van der Waals surface area contributed by atoms with E-state index in [1.165, 1.54) is 22.5 Å². The summed E-state index contributed by atoms with van der Waals surface area (Å²) >= 11 is 0. The van der Waals surface area contributed by atoms with Gasteiger partial charge in [0.1, 0.15) is 10.6 Å². The van der Waals surface area contributed by atoms with Crippen molar-refractivity contribution in [2.75, 3.05) is 38.1 Å². The predicted molar refractivity (Wildman–Crippen MR) is 98.4 cm³/mol. The zero-order valence-corrected chi connectivity index (χ0v) is 16.1. The lowest BCUT2D eigenvalue weighted by atomic mass is 10.3. The van der Waals surface area contributed by atoms with Crippen molar-refractivity contribution in [2.24, 2.45) is 5.73 Å². The highest BCUT2D eigenvalue weighted by Gasteiger charge is 2.26. The molecule has 0 heterocycles. The number of carbonyl (C=O) groups excluding carboxylic acids is 2. The topological polar surface area (TPSA) is 131 Å². The van der Waals surface area contributed by atoms with Crippen LogP contribution in [0.4, 0.5) is 5.69 Å². The molecule has 1 aromatic carbocycles. The number of nitrogens with zero attached hydrogens (tertiary/aromatic N) is 1. The Bertz CT molecular complexity index is 732. The van der Waals surface area contributed by atoms with E-state index < -0.39 is 21.8 Å². The number of sulfonamides is 1. The number of hydrogen-bond acceptors (Lipinski definition) is 6. The van der Waals surface area contributed by atoms with Crippen LogP contribution in [-0.4, -0.2) is 57.3 Å². The standard InChI is InChI=1S/C16H26N4O5S/c1-4-20(5-2)26(23,24)14-9-12(7-8-13(14)25-6-3)19-16(22)11-18-15(21)10-17/h7-9H,4-6,10-11,17H2,1-3H3,(H,18,21)(H,19,22). The molecular formula is C16H26N4O5S. The molecule has 0 radical (unpaired) electrons. The summed E-state index contributed by atoms with van der Waals surface area (Å²) in [5.74, 6) is -0.743. The van der Waals surface area contributed by atoms with Gasteiger partial charge in [0, 0.05) is 18.8 Å². The maximum absolute atomic E-state index is 12.8. The molecule has 146 valence electrons. The van der Waals surface area contributed by atoms with Crippen LogP contribution in [0, 0.1) is 0 Å². The Kier molecular flexibility index (Phi) is 8.49. The summed E-state index contributed by atoms with van der Waals surface area (Å²) in [5, 5.41) is 4.88. The largest absolute Gasteiger partial charge is 0.492 e. The summed E-state index contributed by atoms with van der Waals surface area (Å²) in [5.41, 5.74) is 5.43. The molecule has 0 saturated heterocycles. The van der Waals surface area contributed by atoms with Gasteiger partial charge in [0.25, 0.3) is 0 Å². The molecule has 0 aliphatic carbocycles. The molecule has 4 N–H and O–H groups in total. The summed E-state index contributed by atoms with van der Waals surface area (Å²) in [6.07, 6.45) is 0.